The van der Waals surface area contributed by atoms with Crippen molar-refractivity contribution < 1.29 is 4.92 Å². The van der Waals surface area contributed by atoms with E-state index in [2.05, 4.69) is 19.2 Å². The van der Waals surface area contributed by atoms with Crippen LogP contribution in [0.25, 0.3) is 0 Å². The van der Waals surface area contributed by atoms with Crippen molar-refractivity contribution in [3.05, 3.63) is 39.9 Å². The van der Waals surface area contributed by atoms with Gasteiger partial charge >= 0.3 is 0 Å². The van der Waals surface area contributed by atoms with Gasteiger partial charge < -0.3 is 5.32 Å². The number of nitro benzene ring substituents is 1. The Bertz CT molecular complexity index is 475. The average molecular weight is 276 g/mol. The first kappa shape index (κ1) is 15.0. The minimum Gasteiger partial charge on any atom is -0.307 e. The normalized spacial score (nSPS) is 28.1. The van der Waals surface area contributed by atoms with E-state index in [1.165, 1.54) is 6.42 Å². The summed E-state index contributed by atoms with van der Waals surface area (Å²) in [6.07, 6.45) is 3.56. The van der Waals surface area contributed by atoms with Gasteiger partial charge in [-0.05, 0) is 38.0 Å². The lowest BCUT2D eigenvalue weighted by Crippen LogP contribution is -2.37. The van der Waals surface area contributed by atoms with E-state index in [-0.39, 0.29) is 16.7 Å². The quantitative estimate of drug-likeness (QED) is 0.666. The Morgan fingerprint density at radius 3 is 2.60 bits per heavy atom. The van der Waals surface area contributed by atoms with Gasteiger partial charge in [0, 0.05) is 23.7 Å². The van der Waals surface area contributed by atoms with Gasteiger partial charge in [-0.1, -0.05) is 32.0 Å². The summed E-state index contributed by atoms with van der Waals surface area (Å²) in [7, 11) is 0. The molecule has 0 bridgehead atoms. The van der Waals surface area contributed by atoms with E-state index in [1.54, 1.807) is 12.1 Å². The zero-order chi connectivity index (χ0) is 14.7. The zero-order valence-electron chi connectivity index (χ0n) is 12.5. The van der Waals surface area contributed by atoms with Crippen molar-refractivity contribution in [2.24, 2.45) is 11.8 Å². The van der Waals surface area contributed by atoms with Gasteiger partial charge in [0.25, 0.3) is 5.69 Å². The van der Waals surface area contributed by atoms with Crippen LogP contribution in [0, 0.1) is 22.0 Å². The summed E-state index contributed by atoms with van der Waals surface area (Å²) in [5.74, 6) is 1.51. The van der Waals surface area contributed by atoms with Crippen molar-refractivity contribution >= 4 is 5.69 Å². The van der Waals surface area contributed by atoms with E-state index in [0.717, 1.165) is 30.2 Å². The smallest absolute Gasteiger partial charge is 0.274 e. The van der Waals surface area contributed by atoms with Gasteiger partial charge in [0.15, 0.2) is 0 Å². The van der Waals surface area contributed by atoms with Crippen LogP contribution < -0.4 is 5.32 Å². The van der Waals surface area contributed by atoms with Crippen molar-refractivity contribution in [1.29, 1.82) is 0 Å². The Morgan fingerprint density at radius 1 is 1.25 bits per heavy atom. The number of benzene rings is 1. The summed E-state index contributed by atoms with van der Waals surface area (Å²) in [4.78, 5) is 10.8. The highest BCUT2D eigenvalue weighted by Gasteiger charge is 2.27. The van der Waals surface area contributed by atoms with Crippen LogP contribution in [0.1, 0.15) is 51.6 Å². The molecule has 0 amide bonds. The van der Waals surface area contributed by atoms with Crippen LogP contribution in [-0.4, -0.2) is 11.0 Å². The molecule has 4 nitrogen and oxygen atoms in total. The molecule has 4 atom stereocenters. The van der Waals surface area contributed by atoms with Crippen molar-refractivity contribution in [2.75, 3.05) is 0 Å². The molecule has 1 aliphatic carbocycles. The number of hydrogen-bond acceptors (Lipinski definition) is 3. The first-order valence-electron chi connectivity index (χ1n) is 7.48. The fraction of sp³-hybridized carbons (Fsp3) is 0.625. The fourth-order valence-electron chi connectivity index (χ4n) is 3.16. The number of hydrogen-bond donors (Lipinski definition) is 1. The standard InChI is InChI=1S/C16H24N2O2/c1-11-8-9-14(10-12(11)2)17-13(3)15-6-4-5-7-16(15)18(19)20/h4-7,11-14,17H,8-10H2,1-3H3. The van der Waals surface area contributed by atoms with Crippen molar-refractivity contribution in [1.82, 2.24) is 5.32 Å². The lowest BCUT2D eigenvalue weighted by molar-refractivity contribution is -0.385. The number of rotatable bonds is 4. The topological polar surface area (TPSA) is 55.2 Å². The molecule has 0 aliphatic heterocycles. The third-order valence-electron chi connectivity index (χ3n) is 4.68. The van der Waals surface area contributed by atoms with E-state index < -0.39 is 0 Å². The van der Waals surface area contributed by atoms with Gasteiger partial charge in [0.1, 0.15) is 0 Å². The molecule has 0 heterocycles. The number of nitrogens with one attached hydrogen (secondary N) is 1. The van der Waals surface area contributed by atoms with Gasteiger partial charge in [-0.2, -0.15) is 0 Å². The van der Waals surface area contributed by atoms with Crippen LogP contribution in [0.2, 0.25) is 0 Å². The van der Waals surface area contributed by atoms with Crippen LogP contribution in [0.3, 0.4) is 0 Å². The van der Waals surface area contributed by atoms with Crippen molar-refractivity contribution in [3.8, 4) is 0 Å². The predicted molar refractivity (Wildman–Crippen MR) is 80.6 cm³/mol. The highest BCUT2D eigenvalue weighted by molar-refractivity contribution is 5.41. The number of nitrogens with zero attached hydrogens (tertiary/aromatic N) is 1. The molecule has 110 valence electrons. The van der Waals surface area contributed by atoms with Crippen molar-refractivity contribution in [3.63, 3.8) is 0 Å². The molecule has 1 saturated carbocycles. The largest absolute Gasteiger partial charge is 0.307 e. The summed E-state index contributed by atoms with van der Waals surface area (Å²) in [5.41, 5.74) is 0.994. The highest BCUT2D eigenvalue weighted by atomic mass is 16.6. The molecule has 1 aromatic carbocycles. The molecule has 2 rings (SSSR count). The van der Waals surface area contributed by atoms with Gasteiger partial charge in [0.05, 0.1) is 4.92 Å². The Balaban J connectivity index is 2.05. The molecule has 0 spiro atoms. The zero-order valence-corrected chi connectivity index (χ0v) is 12.5. The van der Waals surface area contributed by atoms with Crippen LogP contribution in [0.15, 0.2) is 24.3 Å². The number of para-hydroxylation sites is 1. The molecule has 1 aromatic rings. The molecule has 1 aliphatic rings. The summed E-state index contributed by atoms with van der Waals surface area (Å²) >= 11 is 0. The lowest BCUT2D eigenvalue weighted by Gasteiger charge is -2.34. The van der Waals surface area contributed by atoms with E-state index in [4.69, 9.17) is 0 Å². The van der Waals surface area contributed by atoms with Crippen LogP contribution in [0.5, 0.6) is 0 Å². The molecule has 4 heteroatoms. The molecular formula is C16H24N2O2. The van der Waals surface area contributed by atoms with Crippen molar-refractivity contribution in [2.45, 2.75) is 52.1 Å². The Kier molecular flexibility index (Phi) is 4.76. The second-order valence-electron chi connectivity index (χ2n) is 6.17. The lowest BCUT2D eigenvalue weighted by atomic mass is 9.79. The Labute approximate surface area is 120 Å². The third-order valence-corrected chi connectivity index (χ3v) is 4.68. The molecule has 4 unspecified atom stereocenters. The third kappa shape index (κ3) is 3.37. The summed E-state index contributed by atoms with van der Waals surface area (Å²) in [5, 5.41) is 14.7. The highest BCUT2D eigenvalue weighted by Crippen LogP contribution is 2.31. The van der Waals surface area contributed by atoms with E-state index in [0.29, 0.717) is 6.04 Å². The monoisotopic (exact) mass is 276 g/mol. The fourth-order valence-corrected chi connectivity index (χ4v) is 3.16. The molecule has 1 N–H and O–H groups in total. The Hall–Kier alpha value is -1.42. The summed E-state index contributed by atoms with van der Waals surface area (Å²) in [6, 6.07) is 7.51. The maximum atomic E-state index is 11.1. The minimum atomic E-state index is -0.293. The molecule has 0 aromatic heterocycles. The maximum absolute atomic E-state index is 11.1. The minimum absolute atomic E-state index is 0.0159. The molecule has 20 heavy (non-hydrogen) atoms. The van der Waals surface area contributed by atoms with Gasteiger partial charge in [0.2, 0.25) is 0 Å². The van der Waals surface area contributed by atoms with E-state index in [9.17, 15) is 10.1 Å². The maximum Gasteiger partial charge on any atom is 0.274 e. The number of nitro groups is 1. The van der Waals surface area contributed by atoms with Crippen LogP contribution >= 0.6 is 0 Å². The molecule has 0 saturated heterocycles. The first-order valence-corrected chi connectivity index (χ1v) is 7.48. The average Bonchev–Trinajstić information content (AvgIpc) is 2.43. The second-order valence-corrected chi connectivity index (χ2v) is 6.17. The first-order chi connectivity index (χ1) is 9.49. The molecular weight excluding hydrogens is 252 g/mol. The Morgan fingerprint density at radius 2 is 1.95 bits per heavy atom. The SMILES string of the molecule is CC(NC1CCC(C)C(C)C1)c1ccccc1[N+](=O)[O-]. The molecule has 0 radical (unpaired) electrons. The summed E-state index contributed by atoms with van der Waals surface area (Å²) < 4.78 is 0. The predicted octanol–water partition coefficient (Wildman–Crippen LogP) is 4.07. The van der Waals surface area contributed by atoms with Crippen LogP contribution in [0.4, 0.5) is 5.69 Å². The van der Waals surface area contributed by atoms with Crippen LogP contribution in [-0.2, 0) is 0 Å². The van der Waals surface area contributed by atoms with E-state index in [1.807, 2.05) is 19.1 Å². The van der Waals surface area contributed by atoms with Gasteiger partial charge in [-0.3, -0.25) is 10.1 Å². The van der Waals surface area contributed by atoms with Gasteiger partial charge in [-0.25, -0.2) is 0 Å². The molecule has 1 fully saturated rings. The van der Waals surface area contributed by atoms with Gasteiger partial charge in [-0.15, -0.1) is 0 Å². The van der Waals surface area contributed by atoms with E-state index >= 15 is 0 Å². The summed E-state index contributed by atoms with van der Waals surface area (Å²) in [6.45, 7) is 6.63. The second kappa shape index (κ2) is 6.35.